The molecule has 1 heterocycles. The molecule has 2 rings (SSSR count). The second-order valence-corrected chi connectivity index (χ2v) is 6.13. The quantitative estimate of drug-likeness (QED) is 0.489. The Morgan fingerprint density at radius 3 is 2.68 bits per heavy atom. The highest BCUT2D eigenvalue weighted by Crippen LogP contribution is 2.36. The number of amides is 1. The maximum Gasteiger partial charge on any atom is 0.308 e. The molecule has 102 valence electrons. The minimum Gasteiger partial charge on any atom is -0.465 e. The van der Waals surface area contributed by atoms with E-state index in [0.29, 0.717) is 0 Å². The molecule has 8 heteroatoms. The molecule has 19 heavy (non-hydrogen) atoms. The number of carbonyl (C=O) groups excluding carboxylic acids is 2. The Kier molecular flexibility index (Phi) is 3.80. The minimum atomic E-state index is -1.79. The predicted molar refractivity (Wildman–Crippen MR) is 69.9 cm³/mol. The van der Waals surface area contributed by atoms with E-state index in [1.807, 2.05) is 0 Å². The van der Waals surface area contributed by atoms with Gasteiger partial charge in [0.05, 0.1) is 5.56 Å². The number of esters is 1. The molecule has 0 saturated heterocycles. The average molecular weight is 325 g/mol. The second-order valence-electron chi connectivity index (χ2n) is 3.76. The Labute approximate surface area is 123 Å². The fraction of sp³-hybridized carbons (Fsp3) is 0.273. The number of hydrogen-bond acceptors (Lipinski definition) is 4. The van der Waals surface area contributed by atoms with Crippen molar-refractivity contribution >= 4 is 46.7 Å². The molecule has 0 fully saturated rings. The summed E-state index contributed by atoms with van der Waals surface area (Å²) in [5, 5.41) is 2.40. The highest BCUT2D eigenvalue weighted by Gasteiger charge is 2.40. The topological polar surface area (TPSA) is 64.6 Å². The van der Waals surface area contributed by atoms with Crippen LogP contribution < -0.4 is 14.8 Å². The smallest absolute Gasteiger partial charge is 0.308 e. The van der Waals surface area contributed by atoms with E-state index in [0.717, 1.165) is 0 Å². The van der Waals surface area contributed by atoms with E-state index in [1.165, 1.54) is 25.1 Å². The number of benzene rings is 1. The summed E-state index contributed by atoms with van der Waals surface area (Å²) < 4.78 is 8.44. The molecule has 0 aliphatic carbocycles. The Morgan fingerprint density at radius 2 is 2.11 bits per heavy atom. The molecule has 0 radical (unpaired) electrons. The fourth-order valence-electron chi connectivity index (χ4n) is 1.52. The van der Waals surface area contributed by atoms with E-state index < -0.39 is 21.9 Å². The first-order chi connectivity index (χ1) is 8.77. The van der Waals surface area contributed by atoms with Gasteiger partial charge in [-0.1, -0.05) is 34.8 Å². The third-order valence-corrected chi connectivity index (χ3v) is 2.86. The Morgan fingerprint density at radius 1 is 1.42 bits per heavy atom. The lowest BCUT2D eigenvalue weighted by molar-refractivity contribution is -0.131. The molecule has 0 spiro atoms. The largest absolute Gasteiger partial charge is 0.465 e. The van der Waals surface area contributed by atoms with Crippen LogP contribution in [-0.2, 0) is 4.79 Å². The third-order valence-electron chi connectivity index (χ3n) is 2.26. The molecule has 0 aromatic heterocycles. The van der Waals surface area contributed by atoms with Crippen molar-refractivity contribution in [1.29, 1.82) is 0 Å². The number of fused-ring (bicyclic) bond motifs is 1. The van der Waals surface area contributed by atoms with Gasteiger partial charge in [0.25, 0.3) is 5.91 Å². The van der Waals surface area contributed by atoms with E-state index >= 15 is 0 Å². The van der Waals surface area contributed by atoms with Gasteiger partial charge in [0.1, 0.15) is 11.5 Å². The van der Waals surface area contributed by atoms with Gasteiger partial charge in [0, 0.05) is 6.92 Å². The maximum absolute atomic E-state index is 11.9. The van der Waals surface area contributed by atoms with Crippen LogP contribution in [0.1, 0.15) is 17.3 Å². The second kappa shape index (κ2) is 5.07. The van der Waals surface area contributed by atoms with Gasteiger partial charge in [-0.2, -0.15) is 0 Å². The van der Waals surface area contributed by atoms with Crippen LogP contribution in [0.15, 0.2) is 18.2 Å². The summed E-state index contributed by atoms with van der Waals surface area (Å²) >= 11 is 17.0. The number of nitrogens with one attached hydrogen (secondary N) is 1. The molecule has 1 amide bonds. The summed E-state index contributed by atoms with van der Waals surface area (Å²) in [6.45, 7) is 1.26. The first-order valence-electron chi connectivity index (χ1n) is 5.14. The fourth-order valence-corrected chi connectivity index (χ4v) is 1.82. The third kappa shape index (κ3) is 3.23. The number of ether oxygens (including phenoxy) is 2. The van der Waals surface area contributed by atoms with Gasteiger partial charge in [-0.3, -0.25) is 9.59 Å². The Hall–Kier alpha value is -1.17. The summed E-state index contributed by atoms with van der Waals surface area (Å²) in [6.07, 6.45) is -1.09. The van der Waals surface area contributed by atoms with Crippen LogP contribution in [0.3, 0.4) is 0 Å². The van der Waals surface area contributed by atoms with Crippen molar-refractivity contribution in [1.82, 2.24) is 5.32 Å². The van der Waals surface area contributed by atoms with Crippen molar-refractivity contribution in [2.75, 3.05) is 0 Å². The Balaban J connectivity index is 2.31. The van der Waals surface area contributed by atoms with E-state index in [1.54, 1.807) is 0 Å². The van der Waals surface area contributed by atoms with E-state index in [4.69, 9.17) is 44.3 Å². The van der Waals surface area contributed by atoms with Crippen LogP contribution in [-0.4, -0.2) is 21.9 Å². The molecule has 1 aromatic rings. The van der Waals surface area contributed by atoms with Crippen molar-refractivity contribution in [3.05, 3.63) is 23.8 Å². The predicted octanol–water partition coefficient (Wildman–Crippen LogP) is 2.43. The van der Waals surface area contributed by atoms with E-state index in [9.17, 15) is 9.59 Å². The van der Waals surface area contributed by atoms with Crippen molar-refractivity contribution in [2.24, 2.45) is 0 Å². The number of carbonyl (C=O) groups is 2. The van der Waals surface area contributed by atoms with Crippen molar-refractivity contribution in [3.63, 3.8) is 0 Å². The number of halogens is 3. The van der Waals surface area contributed by atoms with Crippen LogP contribution in [0.5, 0.6) is 11.5 Å². The van der Waals surface area contributed by atoms with Crippen LogP contribution in [0.2, 0.25) is 0 Å². The van der Waals surface area contributed by atoms with E-state index in [-0.39, 0.29) is 17.1 Å². The summed E-state index contributed by atoms with van der Waals surface area (Å²) in [7, 11) is 0. The number of hydrogen-bond donors (Lipinski definition) is 1. The van der Waals surface area contributed by atoms with Gasteiger partial charge in [0.2, 0.25) is 10.0 Å². The molecule has 0 bridgehead atoms. The molecule has 5 nitrogen and oxygen atoms in total. The first kappa shape index (κ1) is 14.2. The zero-order valence-electron chi connectivity index (χ0n) is 9.58. The van der Waals surface area contributed by atoms with Crippen molar-refractivity contribution in [3.8, 4) is 11.5 Å². The summed E-state index contributed by atoms with van der Waals surface area (Å²) in [5.74, 6) is -0.490. The highest BCUT2D eigenvalue weighted by atomic mass is 35.6. The van der Waals surface area contributed by atoms with Gasteiger partial charge >= 0.3 is 5.97 Å². The molecule has 1 aliphatic heterocycles. The van der Waals surface area contributed by atoms with Crippen molar-refractivity contribution < 1.29 is 19.1 Å². The highest BCUT2D eigenvalue weighted by molar-refractivity contribution is 6.68. The SMILES string of the molecule is CC(=O)Oc1ccc2c(c1)C(=O)NC(C(Cl)(Cl)Cl)O2. The van der Waals surface area contributed by atoms with Gasteiger partial charge in [-0.25, -0.2) is 0 Å². The first-order valence-corrected chi connectivity index (χ1v) is 6.27. The van der Waals surface area contributed by atoms with Crippen LogP contribution in [0.4, 0.5) is 0 Å². The Bertz CT molecular complexity index is 541. The molecule has 1 unspecified atom stereocenters. The lowest BCUT2D eigenvalue weighted by Gasteiger charge is -2.31. The lowest BCUT2D eigenvalue weighted by atomic mass is 10.1. The lowest BCUT2D eigenvalue weighted by Crippen LogP contribution is -2.50. The van der Waals surface area contributed by atoms with Gasteiger partial charge in [0.15, 0.2) is 0 Å². The zero-order valence-corrected chi connectivity index (χ0v) is 11.8. The molecule has 1 aromatic carbocycles. The maximum atomic E-state index is 11.9. The summed E-state index contributed by atoms with van der Waals surface area (Å²) in [4.78, 5) is 22.7. The van der Waals surface area contributed by atoms with Gasteiger partial charge in [-0.05, 0) is 18.2 Å². The standard InChI is InChI=1S/C11H8Cl3NO4/c1-5(16)18-6-2-3-8-7(4-6)9(17)15-10(19-8)11(12,13)14/h2-4,10H,1H3,(H,15,17). The normalized spacial score (nSPS) is 18.1. The molecular formula is C11H8Cl3NO4. The van der Waals surface area contributed by atoms with E-state index in [2.05, 4.69) is 5.32 Å². The number of alkyl halides is 3. The van der Waals surface area contributed by atoms with Crippen LogP contribution in [0, 0.1) is 0 Å². The summed E-state index contributed by atoms with van der Waals surface area (Å²) in [5.41, 5.74) is 0.198. The molecule has 1 aliphatic rings. The summed E-state index contributed by atoms with van der Waals surface area (Å²) in [6, 6.07) is 4.32. The monoisotopic (exact) mass is 323 g/mol. The molecule has 0 saturated carbocycles. The number of rotatable bonds is 1. The minimum absolute atomic E-state index is 0.198. The van der Waals surface area contributed by atoms with Gasteiger partial charge in [-0.15, -0.1) is 0 Å². The molecular weight excluding hydrogens is 316 g/mol. The molecule has 1 atom stereocenters. The van der Waals surface area contributed by atoms with Crippen molar-refractivity contribution in [2.45, 2.75) is 16.9 Å². The van der Waals surface area contributed by atoms with Gasteiger partial charge < -0.3 is 14.8 Å². The zero-order chi connectivity index (χ0) is 14.2. The average Bonchev–Trinajstić information content (AvgIpc) is 2.27. The molecule has 1 N–H and O–H groups in total. The van der Waals surface area contributed by atoms with Crippen LogP contribution in [0.25, 0.3) is 0 Å². The van der Waals surface area contributed by atoms with Crippen LogP contribution >= 0.6 is 34.8 Å².